The number of hydrogen-bond acceptors (Lipinski definition) is 3. The van der Waals surface area contributed by atoms with Crippen molar-refractivity contribution in [3.05, 3.63) is 77.7 Å². The molecule has 0 N–H and O–H groups in total. The summed E-state index contributed by atoms with van der Waals surface area (Å²) in [6.07, 6.45) is 4.57. The maximum Gasteiger partial charge on any atom is 0.254 e. The average Bonchev–Trinajstić information content (AvgIpc) is 3.04. The number of piperidine rings is 1. The van der Waals surface area contributed by atoms with Gasteiger partial charge in [0.1, 0.15) is 5.82 Å². The lowest BCUT2D eigenvalue weighted by Gasteiger charge is -2.38. The zero-order chi connectivity index (χ0) is 22.3. The van der Waals surface area contributed by atoms with Crippen LogP contribution in [0.3, 0.4) is 0 Å². The van der Waals surface area contributed by atoms with E-state index in [4.69, 9.17) is 0 Å². The van der Waals surface area contributed by atoms with Crippen LogP contribution in [0.2, 0.25) is 0 Å². The quantitative estimate of drug-likeness (QED) is 0.628. The number of pyridine rings is 1. The van der Waals surface area contributed by atoms with E-state index in [2.05, 4.69) is 4.98 Å². The van der Waals surface area contributed by atoms with E-state index in [9.17, 15) is 14.0 Å². The first-order valence-electron chi connectivity index (χ1n) is 11.1. The van der Waals surface area contributed by atoms with Crippen molar-refractivity contribution < 1.29 is 14.0 Å². The van der Waals surface area contributed by atoms with Crippen molar-refractivity contribution in [2.45, 2.75) is 31.7 Å². The lowest BCUT2D eigenvalue weighted by molar-refractivity contribution is -0.137. The summed E-state index contributed by atoms with van der Waals surface area (Å²) < 4.78 is 13.2. The Morgan fingerprint density at radius 3 is 2.59 bits per heavy atom. The zero-order valence-corrected chi connectivity index (χ0v) is 18.1. The van der Waals surface area contributed by atoms with Gasteiger partial charge in [-0.3, -0.25) is 14.6 Å². The number of carbonyl (C=O) groups excluding carboxylic acids is 2. The smallest absolute Gasteiger partial charge is 0.254 e. The molecule has 2 amide bonds. The fourth-order valence-electron chi connectivity index (χ4n) is 5.33. The molecule has 2 saturated heterocycles. The molecule has 0 unspecified atom stereocenters. The first-order chi connectivity index (χ1) is 15.5. The van der Waals surface area contributed by atoms with Crippen LogP contribution >= 0.6 is 0 Å². The Bertz CT molecular complexity index is 1160. The molecule has 3 aromatic rings. The normalized spacial score (nSPS) is 20.3. The minimum atomic E-state index is -0.406. The van der Waals surface area contributed by atoms with Crippen LogP contribution in [0, 0.1) is 11.2 Å². The summed E-state index contributed by atoms with van der Waals surface area (Å²) >= 11 is 0. The second-order valence-corrected chi connectivity index (χ2v) is 9.05. The predicted molar refractivity (Wildman–Crippen MR) is 121 cm³/mol. The molecule has 164 valence electrons. The second-order valence-electron chi connectivity index (χ2n) is 9.05. The summed E-state index contributed by atoms with van der Waals surface area (Å²) in [6.45, 7) is 1.14. The largest absolute Gasteiger partial charge is 0.342 e. The molecule has 2 fully saturated rings. The van der Waals surface area contributed by atoms with Crippen molar-refractivity contribution in [1.29, 1.82) is 0 Å². The van der Waals surface area contributed by atoms with E-state index in [-0.39, 0.29) is 23.7 Å². The number of hydrogen-bond donors (Lipinski definition) is 0. The fraction of sp³-hybridized carbons (Fsp3) is 0.346. The molecule has 0 radical (unpaired) electrons. The molecular weight excluding hydrogens is 405 g/mol. The van der Waals surface area contributed by atoms with Crippen molar-refractivity contribution in [1.82, 2.24) is 14.8 Å². The molecule has 5 rings (SSSR count). The number of halogens is 1. The van der Waals surface area contributed by atoms with Gasteiger partial charge < -0.3 is 9.80 Å². The highest BCUT2D eigenvalue weighted by atomic mass is 19.1. The Morgan fingerprint density at radius 1 is 1.09 bits per heavy atom. The van der Waals surface area contributed by atoms with E-state index in [0.29, 0.717) is 31.5 Å². The molecule has 2 aliphatic heterocycles. The molecule has 2 aromatic carbocycles. The monoisotopic (exact) mass is 431 g/mol. The van der Waals surface area contributed by atoms with E-state index in [1.165, 1.54) is 12.1 Å². The van der Waals surface area contributed by atoms with Crippen LogP contribution in [0.15, 0.2) is 60.8 Å². The molecule has 2 aliphatic rings. The van der Waals surface area contributed by atoms with Crippen LogP contribution < -0.4 is 0 Å². The summed E-state index contributed by atoms with van der Waals surface area (Å²) in [5.41, 5.74) is 2.10. The van der Waals surface area contributed by atoms with Crippen molar-refractivity contribution in [2.75, 3.05) is 20.1 Å². The maximum absolute atomic E-state index is 13.3. The number of benzene rings is 2. The molecule has 1 atom stereocenters. The van der Waals surface area contributed by atoms with Gasteiger partial charge in [0.15, 0.2) is 0 Å². The van der Waals surface area contributed by atoms with E-state index in [1.54, 1.807) is 18.3 Å². The number of fused-ring (bicyclic) bond motifs is 1. The summed E-state index contributed by atoms with van der Waals surface area (Å²) in [5, 5.41) is 0.858. The van der Waals surface area contributed by atoms with Gasteiger partial charge in [-0.25, -0.2) is 4.39 Å². The first-order valence-corrected chi connectivity index (χ1v) is 11.1. The van der Waals surface area contributed by atoms with Gasteiger partial charge in [-0.05, 0) is 61.6 Å². The van der Waals surface area contributed by atoms with Crippen molar-refractivity contribution >= 4 is 22.7 Å². The van der Waals surface area contributed by atoms with Gasteiger partial charge >= 0.3 is 0 Å². The Morgan fingerprint density at radius 2 is 1.84 bits per heavy atom. The van der Waals surface area contributed by atoms with Crippen molar-refractivity contribution in [3.63, 3.8) is 0 Å². The minimum absolute atomic E-state index is 0.000104. The molecule has 1 spiro atoms. The Balaban J connectivity index is 1.29. The van der Waals surface area contributed by atoms with E-state index >= 15 is 0 Å². The van der Waals surface area contributed by atoms with E-state index in [0.717, 1.165) is 29.3 Å². The van der Waals surface area contributed by atoms with Gasteiger partial charge in [0.2, 0.25) is 5.91 Å². The summed E-state index contributed by atoms with van der Waals surface area (Å²) in [6, 6.07) is 16.0. The van der Waals surface area contributed by atoms with Gasteiger partial charge in [0, 0.05) is 43.3 Å². The molecule has 5 nitrogen and oxygen atoms in total. The highest BCUT2D eigenvalue weighted by Gasteiger charge is 2.51. The SMILES string of the molecule is CN1C(=O)C2(CCN(C(=O)c3cccc4ncccc34)CC2)C[C@H]1Cc1ccc(F)cc1. The maximum atomic E-state index is 13.3. The molecule has 32 heavy (non-hydrogen) atoms. The molecule has 0 bridgehead atoms. The van der Waals surface area contributed by atoms with Crippen molar-refractivity contribution in [2.24, 2.45) is 5.41 Å². The van der Waals surface area contributed by atoms with Gasteiger partial charge in [-0.2, -0.15) is 0 Å². The number of nitrogens with zero attached hydrogens (tertiary/aromatic N) is 3. The third-order valence-electron chi connectivity index (χ3n) is 7.22. The van der Waals surface area contributed by atoms with Crippen LogP contribution in [0.4, 0.5) is 4.39 Å². The highest BCUT2D eigenvalue weighted by Crippen LogP contribution is 2.45. The van der Waals surface area contributed by atoms with Gasteiger partial charge in [0.25, 0.3) is 5.91 Å². The van der Waals surface area contributed by atoms with Gasteiger partial charge in [0.05, 0.1) is 10.9 Å². The van der Waals surface area contributed by atoms with Crippen LogP contribution in [-0.4, -0.2) is 52.8 Å². The number of rotatable bonds is 3. The standard InChI is InChI=1S/C26H26FN3O2/c1-29-20(16-18-7-9-19(27)10-8-18)17-26(25(29)32)11-14-30(15-12-26)24(31)22-4-2-6-23-21(22)5-3-13-28-23/h2-10,13,20H,11-12,14-17H2,1H3/t20-/m1/s1. The Kier molecular flexibility index (Phi) is 5.16. The second kappa shape index (κ2) is 8.01. The predicted octanol–water partition coefficient (Wildman–Crippen LogP) is 4.07. The van der Waals surface area contributed by atoms with Crippen LogP contribution in [0.5, 0.6) is 0 Å². The van der Waals surface area contributed by atoms with Crippen LogP contribution in [0.1, 0.15) is 35.2 Å². The third kappa shape index (κ3) is 3.53. The summed E-state index contributed by atoms with van der Waals surface area (Å²) in [4.78, 5) is 34.6. The Hall–Kier alpha value is -3.28. The van der Waals surface area contributed by atoms with Crippen molar-refractivity contribution in [3.8, 4) is 0 Å². The minimum Gasteiger partial charge on any atom is -0.342 e. The molecule has 1 aromatic heterocycles. The third-order valence-corrected chi connectivity index (χ3v) is 7.22. The van der Waals surface area contributed by atoms with Gasteiger partial charge in [-0.1, -0.05) is 24.3 Å². The number of likely N-dealkylation sites (N-methyl/N-ethyl adjacent to an activating group) is 1. The van der Waals surface area contributed by atoms with E-state index in [1.807, 2.05) is 47.2 Å². The number of carbonyl (C=O) groups is 2. The van der Waals surface area contributed by atoms with Gasteiger partial charge in [-0.15, -0.1) is 0 Å². The summed E-state index contributed by atoms with van der Waals surface area (Å²) in [7, 11) is 1.87. The molecule has 6 heteroatoms. The summed E-state index contributed by atoms with van der Waals surface area (Å²) in [5.74, 6) is -0.0775. The first kappa shape index (κ1) is 20.6. The average molecular weight is 432 g/mol. The topological polar surface area (TPSA) is 53.5 Å². The molecule has 0 aliphatic carbocycles. The fourth-order valence-corrected chi connectivity index (χ4v) is 5.33. The highest BCUT2D eigenvalue weighted by molar-refractivity contribution is 6.06. The number of amides is 2. The van der Waals surface area contributed by atoms with Crippen LogP contribution in [-0.2, 0) is 11.2 Å². The Labute approximate surface area is 186 Å². The lowest BCUT2D eigenvalue weighted by Crippen LogP contribution is -2.46. The lowest BCUT2D eigenvalue weighted by atomic mass is 9.75. The number of aromatic nitrogens is 1. The number of likely N-dealkylation sites (tertiary alicyclic amines) is 2. The molecule has 0 saturated carbocycles. The zero-order valence-electron chi connectivity index (χ0n) is 18.1. The van der Waals surface area contributed by atoms with Crippen LogP contribution in [0.25, 0.3) is 10.9 Å². The molecule has 3 heterocycles. The van der Waals surface area contributed by atoms with E-state index < -0.39 is 5.41 Å². The molecular formula is C26H26FN3O2.